The summed E-state index contributed by atoms with van der Waals surface area (Å²) in [5, 5.41) is 9.31. The van der Waals surface area contributed by atoms with Crippen molar-refractivity contribution < 1.29 is 9.53 Å². The molecule has 2 N–H and O–H groups in total. The minimum absolute atomic E-state index is 0.00822. The molecule has 1 aromatic rings. The number of hydrogen-bond donors (Lipinski definition) is 1. The van der Waals surface area contributed by atoms with Crippen molar-refractivity contribution in [2.45, 2.75) is 31.6 Å². The number of carbonyl (C=O) groups excluding carboxylic acids is 1. The van der Waals surface area contributed by atoms with E-state index in [1.165, 1.54) is 18.4 Å². The number of ether oxygens (including phenoxy) is 1. The van der Waals surface area contributed by atoms with Crippen LogP contribution in [0.2, 0.25) is 0 Å². The summed E-state index contributed by atoms with van der Waals surface area (Å²) in [4.78, 5) is 11.5. The van der Waals surface area contributed by atoms with Gasteiger partial charge in [0.25, 0.3) is 0 Å². The van der Waals surface area contributed by atoms with Crippen molar-refractivity contribution in [3.8, 4) is 0 Å². The Bertz CT molecular complexity index is 380. The number of nitrogen functional groups attached to an aromatic ring is 1. The Hall–Kier alpha value is -1.17. The SMILES string of the molecule is COC(=O)[C@@H]1CCC[C@@H](c2nnc(N)s2)C1. The predicted octanol–water partition coefficient (Wildman–Crippen LogP) is 1.57. The number of esters is 1. The van der Waals surface area contributed by atoms with Crippen molar-refractivity contribution in [2.75, 3.05) is 12.8 Å². The van der Waals surface area contributed by atoms with E-state index < -0.39 is 0 Å². The van der Waals surface area contributed by atoms with Gasteiger partial charge in [-0.25, -0.2) is 0 Å². The highest BCUT2D eigenvalue weighted by Crippen LogP contribution is 2.38. The van der Waals surface area contributed by atoms with Crippen LogP contribution < -0.4 is 5.73 Å². The number of methoxy groups -OCH3 is 1. The van der Waals surface area contributed by atoms with Crippen LogP contribution >= 0.6 is 11.3 Å². The zero-order valence-electron chi connectivity index (χ0n) is 9.18. The Labute approximate surface area is 98.0 Å². The predicted molar refractivity (Wildman–Crippen MR) is 61.0 cm³/mol. The summed E-state index contributed by atoms with van der Waals surface area (Å²) in [5.41, 5.74) is 5.56. The lowest BCUT2D eigenvalue weighted by atomic mass is 9.82. The van der Waals surface area contributed by atoms with Gasteiger partial charge in [-0.1, -0.05) is 17.8 Å². The smallest absolute Gasteiger partial charge is 0.308 e. The number of anilines is 1. The molecule has 0 aromatic carbocycles. The molecule has 0 spiro atoms. The van der Waals surface area contributed by atoms with E-state index in [0.717, 1.165) is 30.7 Å². The van der Waals surface area contributed by atoms with Gasteiger partial charge in [0.15, 0.2) is 0 Å². The van der Waals surface area contributed by atoms with E-state index in [2.05, 4.69) is 10.2 Å². The highest BCUT2D eigenvalue weighted by atomic mass is 32.1. The van der Waals surface area contributed by atoms with Crippen molar-refractivity contribution in [3.63, 3.8) is 0 Å². The highest BCUT2D eigenvalue weighted by molar-refractivity contribution is 7.15. The lowest BCUT2D eigenvalue weighted by molar-refractivity contribution is -0.146. The van der Waals surface area contributed by atoms with Gasteiger partial charge in [-0.15, -0.1) is 10.2 Å². The van der Waals surface area contributed by atoms with Crippen LogP contribution in [0.15, 0.2) is 0 Å². The van der Waals surface area contributed by atoms with Gasteiger partial charge < -0.3 is 10.5 Å². The average Bonchev–Trinajstić information content (AvgIpc) is 2.75. The molecule has 88 valence electrons. The first-order valence-electron chi connectivity index (χ1n) is 5.37. The fraction of sp³-hybridized carbons (Fsp3) is 0.700. The summed E-state index contributed by atoms with van der Waals surface area (Å²) in [7, 11) is 1.44. The van der Waals surface area contributed by atoms with Crippen LogP contribution in [0.4, 0.5) is 5.13 Å². The number of rotatable bonds is 2. The molecule has 0 bridgehead atoms. The van der Waals surface area contributed by atoms with Gasteiger partial charge in [-0.05, 0) is 19.3 Å². The second-order valence-electron chi connectivity index (χ2n) is 4.06. The quantitative estimate of drug-likeness (QED) is 0.795. The Morgan fingerprint density at radius 3 is 2.94 bits per heavy atom. The zero-order chi connectivity index (χ0) is 11.5. The Kier molecular flexibility index (Phi) is 3.38. The van der Waals surface area contributed by atoms with Crippen LogP contribution in [0.3, 0.4) is 0 Å². The molecule has 1 saturated carbocycles. The lowest BCUT2D eigenvalue weighted by Crippen LogP contribution is -2.23. The summed E-state index contributed by atoms with van der Waals surface area (Å²) in [6.45, 7) is 0. The Balaban J connectivity index is 2.04. The van der Waals surface area contributed by atoms with Gasteiger partial charge in [-0.2, -0.15) is 0 Å². The summed E-state index contributed by atoms with van der Waals surface area (Å²) >= 11 is 1.42. The molecule has 2 atom stereocenters. The standard InChI is InChI=1S/C10H15N3O2S/c1-15-9(14)7-4-2-3-6(5-7)8-12-13-10(11)16-8/h6-7H,2-5H2,1H3,(H2,11,13)/t6-,7-/m1/s1. The van der Waals surface area contributed by atoms with Gasteiger partial charge in [0.2, 0.25) is 5.13 Å². The second-order valence-corrected chi connectivity index (χ2v) is 5.10. The van der Waals surface area contributed by atoms with E-state index in [9.17, 15) is 4.79 Å². The van der Waals surface area contributed by atoms with E-state index in [-0.39, 0.29) is 11.9 Å². The number of nitrogens with two attached hydrogens (primary N) is 1. The van der Waals surface area contributed by atoms with Gasteiger partial charge in [0.1, 0.15) is 5.01 Å². The number of hydrogen-bond acceptors (Lipinski definition) is 6. The minimum Gasteiger partial charge on any atom is -0.469 e. The Morgan fingerprint density at radius 2 is 2.31 bits per heavy atom. The van der Waals surface area contributed by atoms with Crippen molar-refractivity contribution in [1.82, 2.24) is 10.2 Å². The normalized spacial score (nSPS) is 25.3. The van der Waals surface area contributed by atoms with Gasteiger partial charge in [-0.3, -0.25) is 4.79 Å². The molecule has 6 heteroatoms. The summed E-state index contributed by atoms with van der Waals surface area (Å²) < 4.78 is 4.78. The molecule has 1 aliphatic carbocycles. The van der Waals surface area contributed by atoms with E-state index in [1.54, 1.807) is 0 Å². The van der Waals surface area contributed by atoms with Crippen LogP contribution in [0, 0.1) is 5.92 Å². The lowest BCUT2D eigenvalue weighted by Gasteiger charge is -2.25. The number of nitrogens with zero attached hydrogens (tertiary/aromatic N) is 2. The van der Waals surface area contributed by atoms with Crippen LogP contribution in [0.1, 0.15) is 36.6 Å². The Morgan fingerprint density at radius 1 is 1.50 bits per heavy atom. The molecule has 0 amide bonds. The number of carbonyl (C=O) groups is 1. The van der Waals surface area contributed by atoms with Gasteiger partial charge in [0, 0.05) is 5.92 Å². The second kappa shape index (κ2) is 4.78. The van der Waals surface area contributed by atoms with Crippen molar-refractivity contribution in [3.05, 3.63) is 5.01 Å². The van der Waals surface area contributed by atoms with Gasteiger partial charge in [0.05, 0.1) is 13.0 Å². The molecule has 1 fully saturated rings. The summed E-state index contributed by atoms with van der Waals surface area (Å²) in [5.74, 6) is 0.212. The van der Waals surface area contributed by atoms with Gasteiger partial charge >= 0.3 is 5.97 Å². The first kappa shape index (κ1) is 11.3. The molecule has 0 radical (unpaired) electrons. The largest absolute Gasteiger partial charge is 0.469 e. The third kappa shape index (κ3) is 2.32. The first-order valence-corrected chi connectivity index (χ1v) is 6.19. The monoisotopic (exact) mass is 241 g/mol. The zero-order valence-corrected chi connectivity index (χ0v) is 10.00. The maximum Gasteiger partial charge on any atom is 0.308 e. The van der Waals surface area contributed by atoms with Crippen molar-refractivity contribution in [1.29, 1.82) is 0 Å². The fourth-order valence-electron chi connectivity index (χ4n) is 2.21. The molecule has 2 rings (SSSR count). The van der Waals surface area contributed by atoms with E-state index in [4.69, 9.17) is 10.5 Å². The fourth-order valence-corrected chi connectivity index (χ4v) is 2.96. The third-order valence-corrected chi connectivity index (χ3v) is 3.93. The molecule has 1 heterocycles. The molecule has 1 aromatic heterocycles. The molecule has 0 unspecified atom stereocenters. The average molecular weight is 241 g/mol. The number of aromatic nitrogens is 2. The molecule has 0 saturated heterocycles. The topological polar surface area (TPSA) is 78.1 Å². The molecule has 16 heavy (non-hydrogen) atoms. The van der Waals surface area contributed by atoms with Crippen molar-refractivity contribution >= 4 is 22.4 Å². The van der Waals surface area contributed by atoms with E-state index in [0.29, 0.717) is 11.0 Å². The maximum absolute atomic E-state index is 11.5. The molecular formula is C10H15N3O2S. The summed E-state index contributed by atoms with van der Waals surface area (Å²) in [6.07, 6.45) is 3.81. The van der Waals surface area contributed by atoms with Crippen LogP contribution in [-0.4, -0.2) is 23.3 Å². The molecule has 0 aliphatic heterocycles. The third-order valence-electron chi connectivity index (χ3n) is 3.01. The van der Waals surface area contributed by atoms with E-state index >= 15 is 0 Å². The highest BCUT2D eigenvalue weighted by Gasteiger charge is 2.30. The molecule has 5 nitrogen and oxygen atoms in total. The van der Waals surface area contributed by atoms with Crippen LogP contribution in [-0.2, 0) is 9.53 Å². The van der Waals surface area contributed by atoms with Crippen LogP contribution in [0.25, 0.3) is 0 Å². The summed E-state index contributed by atoms with van der Waals surface area (Å²) in [6, 6.07) is 0. The minimum atomic E-state index is -0.109. The molecule has 1 aliphatic rings. The van der Waals surface area contributed by atoms with Crippen LogP contribution in [0.5, 0.6) is 0 Å². The molecular weight excluding hydrogens is 226 g/mol. The van der Waals surface area contributed by atoms with E-state index in [1.807, 2.05) is 0 Å². The maximum atomic E-state index is 11.5. The first-order chi connectivity index (χ1) is 7.70. The van der Waals surface area contributed by atoms with Crippen molar-refractivity contribution in [2.24, 2.45) is 5.92 Å².